The van der Waals surface area contributed by atoms with E-state index in [4.69, 9.17) is 16.3 Å². The van der Waals surface area contributed by atoms with Crippen molar-refractivity contribution in [2.75, 3.05) is 17.7 Å². The summed E-state index contributed by atoms with van der Waals surface area (Å²) in [7, 11) is 1.62. The van der Waals surface area contributed by atoms with Crippen molar-refractivity contribution < 1.29 is 9.53 Å². The Balaban J connectivity index is 1.58. The second-order valence-electron chi connectivity index (χ2n) is 6.64. The highest BCUT2D eigenvalue weighted by Gasteiger charge is 2.20. The van der Waals surface area contributed by atoms with E-state index in [0.717, 1.165) is 27.3 Å². The van der Waals surface area contributed by atoms with Crippen molar-refractivity contribution in [3.8, 4) is 5.69 Å². The fourth-order valence-corrected chi connectivity index (χ4v) is 4.21. The molecular weight excluding hydrogens is 438 g/mol. The third-order valence-corrected chi connectivity index (χ3v) is 6.07. The van der Waals surface area contributed by atoms with Crippen LogP contribution in [0.4, 0.5) is 16.2 Å². The predicted octanol–water partition coefficient (Wildman–Crippen LogP) is 4.84. The van der Waals surface area contributed by atoms with Crippen molar-refractivity contribution in [2.24, 2.45) is 0 Å². The molecule has 0 aliphatic heterocycles. The number of aromatic nitrogens is 5. The molecule has 9 nitrogen and oxygen atoms in total. The van der Waals surface area contributed by atoms with Crippen molar-refractivity contribution in [3.05, 3.63) is 52.4 Å². The highest BCUT2D eigenvalue weighted by molar-refractivity contribution is 7.18. The average molecular weight is 458 g/mol. The van der Waals surface area contributed by atoms with Gasteiger partial charge in [-0.2, -0.15) is 15.0 Å². The number of thiazole rings is 1. The number of benzene rings is 1. The molecule has 4 rings (SSSR count). The predicted molar refractivity (Wildman–Crippen MR) is 121 cm³/mol. The van der Waals surface area contributed by atoms with Crippen molar-refractivity contribution in [2.45, 2.75) is 26.4 Å². The monoisotopic (exact) mass is 457 g/mol. The summed E-state index contributed by atoms with van der Waals surface area (Å²) in [5, 5.41) is 15.1. The van der Waals surface area contributed by atoms with Gasteiger partial charge < -0.3 is 15.4 Å². The standard InChI is InChI=1S/C20H20ClN7O2S/c1-4-16-27-18-17(11(2)30-3)14(10-22-19(18)31-16)26-20(29)25-12-5-6-15(13(21)9-12)28-23-7-8-24-28/h5-11H,4H2,1-3H3,(H2,25,26,29). The Bertz CT molecular complexity index is 1230. The van der Waals surface area contributed by atoms with Crippen LogP contribution in [0, 0.1) is 0 Å². The first-order chi connectivity index (χ1) is 15.0. The van der Waals surface area contributed by atoms with Crippen LogP contribution in [0.2, 0.25) is 5.02 Å². The number of ether oxygens (including phenoxy) is 1. The summed E-state index contributed by atoms with van der Waals surface area (Å²) in [5.74, 6) is 0. The van der Waals surface area contributed by atoms with Gasteiger partial charge in [-0.25, -0.2) is 14.8 Å². The number of hydrogen-bond acceptors (Lipinski definition) is 7. The van der Waals surface area contributed by atoms with Crippen molar-refractivity contribution in [1.82, 2.24) is 25.0 Å². The number of aryl methyl sites for hydroxylation is 1. The molecule has 2 amide bonds. The second kappa shape index (κ2) is 8.96. The third kappa shape index (κ3) is 4.36. The Labute approximate surface area is 187 Å². The number of urea groups is 1. The molecule has 11 heteroatoms. The molecular formula is C20H20ClN7O2S. The van der Waals surface area contributed by atoms with Crippen molar-refractivity contribution in [1.29, 1.82) is 0 Å². The molecule has 2 N–H and O–H groups in total. The molecule has 0 radical (unpaired) electrons. The lowest BCUT2D eigenvalue weighted by Crippen LogP contribution is -2.21. The topological polar surface area (TPSA) is 107 Å². The number of hydrogen-bond donors (Lipinski definition) is 2. The Kier molecular flexibility index (Phi) is 6.12. The summed E-state index contributed by atoms with van der Waals surface area (Å²) in [6.45, 7) is 3.95. The smallest absolute Gasteiger partial charge is 0.323 e. The summed E-state index contributed by atoms with van der Waals surface area (Å²) in [6, 6.07) is 4.65. The highest BCUT2D eigenvalue weighted by Crippen LogP contribution is 2.34. The van der Waals surface area contributed by atoms with Crippen LogP contribution < -0.4 is 10.6 Å². The fourth-order valence-electron chi connectivity index (χ4n) is 3.09. The van der Waals surface area contributed by atoms with E-state index >= 15 is 0 Å². The number of methoxy groups -OCH3 is 1. The van der Waals surface area contributed by atoms with Crippen LogP contribution in [0.1, 0.15) is 30.5 Å². The molecule has 3 heterocycles. The molecule has 0 bridgehead atoms. The van der Waals surface area contributed by atoms with E-state index in [1.165, 1.54) is 16.1 Å². The normalized spacial score (nSPS) is 12.1. The van der Waals surface area contributed by atoms with Gasteiger partial charge in [-0.05, 0) is 31.5 Å². The summed E-state index contributed by atoms with van der Waals surface area (Å²) in [5.41, 5.74) is 3.20. The minimum atomic E-state index is -0.433. The van der Waals surface area contributed by atoms with E-state index in [1.807, 2.05) is 13.8 Å². The Morgan fingerprint density at radius 1 is 1.29 bits per heavy atom. The number of carbonyl (C=O) groups excluding carboxylic acids is 1. The average Bonchev–Trinajstić information content (AvgIpc) is 3.42. The van der Waals surface area contributed by atoms with Gasteiger partial charge in [0.15, 0.2) is 0 Å². The summed E-state index contributed by atoms with van der Waals surface area (Å²) < 4.78 is 5.53. The van der Waals surface area contributed by atoms with Crippen LogP contribution in [-0.4, -0.2) is 38.1 Å². The van der Waals surface area contributed by atoms with Crippen LogP contribution >= 0.6 is 22.9 Å². The summed E-state index contributed by atoms with van der Waals surface area (Å²) in [6.07, 6.45) is 5.29. The van der Waals surface area contributed by atoms with Gasteiger partial charge in [0.25, 0.3) is 0 Å². The van der Waals surface area contributed by atoms with Gasteiger partial charge in [0.05, 0.1) is 40.4 Å². The van der Waals surface area contributed by atoms with Crippen LogP contribution in [0.5, 0.6) is 0 Å². The molecule has 0 saturated carbocycles. The molecule has 4 aromatic rings. The SMILES string of the molecule is CCc1nc2c(C(C)OC)c(NC(=O)Nc3ccc(-n4nccn4)c(Cl)c3)cnc2s1. The van der Waals surface area contributed by atoms with Crippen molar-refractivity contribution >= 4 is 50.7 Å². The van der Waals surface area contributed by atoms with Gasteiger partial charge in [0.1, 0.15) is 16.0 Å². The molecule has 0 saturated heterocycles. The van der Waals surface area contributed by atoms with Gasteiger partial charge in [0.2, 0.25) is 0 Å². The van der Waals surface area contributed by atoms with E-state index in [0.29, 0.717) is 22.1 Å². The molecule has 1 atom stereocenters. The molecule has 31 heavy (non-hydrogen) atoms. The van der Waals surface area contributed by atoms with Gasteiger partial charge in [-0.3, -0.25) is 0 Å². The fraction of sp³-hybridized carbons (Fsp3) is 0.250. The minimum absolute atomic E-state index is 0.275. The lowest BCUT2D eigenvalue weighted by Gasteiger charge is -2.16. The largest absolute Gasteiger partial charge is 0.377 e. The maximum absolute atomic E-state index is 12.7. The number of halogens is 1. The minimum Gasteiger partial charge on any atom is -0.377 e. The second-order valence-corrected chi connectivity index (χ2v) is 8.11. The zero-order valence-electron chi connectivity index (χ0n) is 17.1. The zero-order valence-corrected chi connectivity index (χ0v) is 18.7. The number of rotatable bonds is 6. The van der Waals surface area contributed by atoms with E-state index in [1.54, 1.807) is 43.9 Å². The number of carbonyl (C=O) groups is 1. The van der Waals surface area contributed by atoms with Crippen LogP contribution in [0.3, 0.4) is 0 Å². The lowest BCUT2D eigenvalue weighted by molar-refractivity contribution is 0.121. The molecule has 0 spiro atoms. The zero-order chi connectivity index (χ0) is 22.0. The number of fused-ring (bicyclic) bond motifs is 1. The molecule has 160 valence electrons. The maximum Gasteiger partial charge on any atom is 0.323 e. The molecule has 3 aromatic heterocycles. The molecule has 0 aliphatic rings. The number of amides is 2. The van der Waals surface area contributed by atoms with Crippen LogP contribution in [0.15, 0.2) is 36.8 Å². The lowest BCUT2D eigenvalue weighted by atomic mass is 10.1. The Morgan fingerprint density at radius 3 is 2.74 bits per heavy atom. The number of anilines is 2. The highest BCUT2D eigenvalue weighted by atomic mass is 35.5. The van der Waals surface area contributed by atoms with E-state index in [9.17, 15) is 4.79 Å². The number of nitrogens with one attached hydrogen (secondary N) is 2. The molecule has 0 fully saturated rings. The van der Waals surface area contributed by atoms with E-state index < -0.39 is 6.03 Å². The summed E-state index contributed by atoms with van der Waals surface area (Å²) in [4.78, 5) is 24.0. The van der Waals surface area contributed by atoms with Crippen LogP contribution in [-0.2, 0) is 11.2 Å². The Morgan fingerprint density at radius 2 is 2.06 bits per heavy atom. The first-order valence-electron chi connectivity index (χ1n) is 9.55. The molecule has 0 aliphatic carbocycles. The summed E-state index contributed by atoms with van der Waals surface area (Å²) >= 11 is 7.86. The van der Waals surface area contributed by atoms with Gasteiger partial charge >= 0.3 is 6.03 Å². The van der Waals surface area contributed by atoms with Crippen LogP contribution in [0.25, 0.3) is 16.0 Å². The third-order valence-electron chi connectivity index (χ3n) is 4.66. The number of nitrogens with zero attached hydrogens (tertiary/aromatic N) is 5. The quantitative estimate of drug-likeness (QED) is 0.429. The first-order valence-corrected chi connectivity index (χ1v) is 10.7. The van der Waals surface area contributed by atoms with Gasteiger partial charge in [-0.1, -0.05) is 29.9 Å². The first kappa shape index (κ1) is 21.2. The van der Waals surface area contributed by atoms with Crippen molar-refractivity contribution in [3.63, 3.8) is 0 Å². The number of pyridine rings is 1. The van der Waals surface area contributed by atoms with Gasteiger partial charge in [0, 0.05) is 18.4 Å². The Hall–Kier alpha value is -3.08. The molecule has 1 unspecified atom stereocenters. The maximum atomic E-state index is 12.7. The van der Waals surface area contributed by atoms with Gasteiger partial charge in [-0.15, -0.1) is 0 Å². The van der Waals surface area contributed by atoms with E-state index in [-0.39, 0.29) is 6.10 Å². The molecule has 1 aromatic carbocycles. The van der Waals surface area contributed by atoms with E-state index in [2.05, 4.69) is 30.8 Å².